The maximum Gasteiger partial charge on any atom is 0.412 e. The van der Waals surface area contributed by atoms with E-state index in [1.165, 1.54) is 36.4 Å². The highest BCUT2D eigenvalue weighted by molar-refractivity contribution is 5.84. The summed E-state index contributed by atoms with van der Waals surface area (Å²) in [5, 5.41) is 30.0. The molecule has 184 valence electrons. The van der Waals surface area contributed by atoms with Crippen LogP contribution in [0.1, 0.15) is 30.1 Å². The Balaban J connectivity index is 1.90. The molecule has 0 unspecified atom stereocenters. The van der Waals surface area contributed by atoms with Crippen molar-refractivity contribution in [3.8, 4) is 17.6 Å². The van der Waals surface area contributed by atoms with Crippen LogP contribution in [0.3, 0.4) is 0 Å². The van der Waals surface area contributed by atoms with Gasteiger partial charge in [0.05, 0.1) is 11.6 Å². The summed E-state index contributed by atoms with van der Waals surface area (Å²) < 4.78 is 26.0. The average molecular weight is 490 g/mol. The number of carbonyl (C=O) groups excluding carboxylic acids is 1. The quantitative estimate of drug-likeness (QED) is 0.317. The number of carboxylic acids is 1. The van der Waals surface area contributed by atoms with Gasteiger partial charge in [0.15, 0.2) is 17.7 Å². The lowest BCUT2D eigenvalue weighted by molar-refractivity contribution is -0.131. The number of para-hydroxylation sites is 1. The van der Waals surface area contributed by atoms with E-state index >= 15 is 0 Å². The first-order chi connectivity index (χ1) is 17.4. The number of allylic oxidation sites excluding steroid dienone is 1. The molecule has 0 spiro atoms. The second-order valence-corrected chi connectivity index (χ2v) is 7.64. The van der Waals surface area contributed by atoms with Crippen molar-refractivity contribution in [2.75, 3.05) is 5.32 Å². The number of nitrogens with one attached hydrogen (secondary N) is 1. The van der Waals surface area contributed by atoms with Crippen LogP contribution < -0.4 is 10.1 Å². The third kappa shape index (κ3) is 7.60. The fourth-order valence-corrected chi connectivity index (χ4v) is 3.34. The highest BCUT2D eigenvalue weighted by Crippen LogP contribution is 2.31. The molecule has 0 saturated heterocycles. The fourth-order valence-electron chi connectivity index (χ4n) is 3.34. The number of rotatable bonds is 10. The van der Waals surface area contributed by atoms with E-state index in [0.717, 1.165) is 18.2 Å². The van der Waals surface area contributed by atoms with Crippen LogP contribution in [0.15, 0.2) is 84.9 Å². The zero-order valence-electron chi connectivity index (χ0n) is 19.0. The lowest BCUT2D eigenvalue weighted by atomic mass is 9.99. The third-order valence-electron chi connectivity index (χ3n) is 5.04. The van der Waals surface area contributed by atoms with E-state index in [1.807, 2.05) is 6.07 Å². The topological polar surface area (TPSA) is 129 Å². The molecule has 0 aromatic heterocycles. The molecule has 3 aromatic rings. The molecular weight excluding hydrogens is 467 g/mol. The van der Waals surface area contributed by atoms with Gasteiger partial charge < -0.3 is 19.7 Å². The molecule has 0 aliphatic rings. The van der Waals surface area contributed by atoms with Gasteiger partial charge in [-0.3, -0.25) is 5.32 Å². The summed E-state index contributed by atoms with van der Waals surface area (Å²) in [5.41, 5.74) is 1.01. The number of carboxylic acid groups (broad SMARTS) is 1. The Kier molecular flexibility index (Phi) is 9.00. The molecule has 2 atom stereocenters. The largest absolute Gasteiger partial charge is 0.505 e. The molecule has 0 fully saturated rings. The minimum absolute atomic E-state index is 0.218. The molecule has 0 aliphatic heterocycles. The van der Waals surface area contributed by atoms with Crippen LogP contribution >= 0.6 is 0 Å². The van der Waals surface area contributed by atoms with E-state index in [-0.39, 0.29) is 18.4 Å². The zero-order chi connectivity index (χ0) is 25.9. The van der Waals surface area contributed by atoms with Crippen molar-refractivity contribution in [2.45, 2.75) is 25.0 Å². The summed E-state index contributed by atoms with van der Waals surface area (Å²) in [6.07, 6.45) is 0.0824. The van der Waals surface area contributed by atoms with E-state index in [9.17, 15) is 19.1 Å². The molecule has 0 heterocycles. The Hall–Kier alpha value is -4.84. The number of nitrogens with zero attached hydrogens (tertiary/aromatic N) is 1. The molecule has 0 aliphatic carbocycles. The smallest absolute Gasteiger partial charge is 0.412 e. The highest BCUT2D eigenvalue weighted by Gasteiger charge is 2.30. The van der Waals surface area contributed by atoms with Crippen molar-refractivity contribution in [3.05, 3.63) is 102 Å². The minimum atomic E-state index is -1.13. The number of benzene rings is 3. The average Bonchev–Trinajstić information content (AvgIpc) is 2.87. The van der Waals surface area contributed by atoms with Gasteiger partial charge in [-0.25, -0.2) is 14.0 Å². The maximum absolute atomic E-state index is 14.2. The van der Waals surface area contributed by atoms with Crippen LogP contribution in [0, 0.1) is 17.1 Å². The Labute approximate surface area is 206 Å². The Morgan fingerprint density at radius 2 is 1.81 bits per heavy atom. The lowest BCUT2D eigenvalue weighted by Crippen LogP contribution is -2.31. The predicted octanol–water partition coefficient (Wildman–Crippen LogP) is 5.56. The van der Waals surface area contributed by atoms with Crippen LogP contribution in [0.5, 0.6) is 11.5 Å². The lowest BCUT2D eigenvalue weighted by Gasteiger charge is -2.28. The first kappa shape index (κ1) is 25.8. The number of nitriles is 1. The SMILES string of the molecule is N#Cc1ccc(NC(=O)O[C@H](c2ccc(O)c(F)c2)[C@@H](CC/C=C/C(=O)O)Oc2ccccc2)cc1. The van der Waals surface area contributed by atoms with E-state index < -0.39 is 35.8 Å². The summed E-state index contributed by atoms with van der Waals surface area (Å²) in [5.74, 6) is -2.11. The van der Waals surface area contributed by atoms with E-state index in [2.05, 4.69) is 5.32 Å². The number of ether oxygens (including phenoxy) is 2. The van der Waals surface area contributed by atoms with Crippen molar-refractivity contribution >= 4 is 17.7 Å². The minimum Gasteiger partial charge on any atom is -0.505 e. The van der Waals surface area contributed by atoms with Crippen LogP contribution in [0.4, 0.5) is 14.9 Å². The van der Waals surface area contributed by atoms with E-state index in [0.29, 0.717) is 17.0 Å². The molecule has 3 N–H and O–H groups in total. The normalized spacial score (nSPS) is 12.3. The maximum atomic E-state index is 14.2. The van der Waals surface area contributed by atoms with Gasteiger partial charge in [-0.15, -0.1) is 0 Å². The first-order valence-corrected chi connectivity index (χ1v) is 10.9. The van der Waals surface area contributed by atoms with Crippen molar-refractivity contribution < 1.29 is 33.7 Å². The molecule has 36 heavy (non-hydrogen) atoms. The van der Waals surface area contributed by atoms with E-state index in [1.54, 1.807) is 30.3 Å². The second kappa shape index (κ2) is 12.6. The standard InChI is InChI=1S/C27H23FN2O6/c28-22-16-19(12-15-23(22)31)26(36-27(34)30-20-13-10-18(17-29)11-14-20)24(8-4-5-9-25(32)33)35-21-6-2-1-3-7-21/h1-3,5-7,9-16,24,26,31H,4,8H2,(H,30,34)(H,32,33)/b9-5+/t24-,26-/m1/s1. The molecule has 3 rings (SSSR count). The first-order valence-electron chi connectivity index (χ1n) is 10.9. The molecular formula is C27H23FN2O6. The number of aliphatic carboxylic acids is 1. The number of phenols is 1. The third-order valence-corrected chi connectivity index (χ3v) is 5.04. The summed E-state index contributed by atoms with van der Waals surface area (Å²) in [6, 6.07) is 20.4. The summed E-state index contributed by atoms with van der Waals surface area (Å²) >= 11 is 0. The van der Waals surface area contributed by atoms with Gasteiger partial charge in [0.1, 0.15) is 11.9 Å². The molecule has 0 radical (unpaired) electrons. The van der Waals surface area contributed by atoms with E-state index in [4.69, 9.17) is 19.8 Å². The van der Waals surface area contributed by atoms with Gasteiger partial charge in [0.2, 0.25) is 0 Å². The monoisotopic (exact) mass is 490 g/mol. The predicted molar refractivity (Wildman–Crippen MR) is 129 cm³/mol. The summed E-state index contributed by atoms with van der Waals surface area (Å²) in [6.45, 7) is 0. The van der Waals surface area contributed by atoms with Gasteiger partial charge in [0.25, 0.3) is 0 Å². The number of anilines is 1. The van der Waals surface area contributed by atoms with Gasteiger partial charge in [-0.2, -0.15) is 5.26 Å². The van der Waals surface area contributed by atoms with Crippen molar-refractivity contribution in [3.63, 3.8) is 0 Å². The van der Waals surface area contributed by atoms with Crippen molar-refractivity contribution in [1.82, 2.24) is 0 Å². The number of hydrogen-bond donors (Lipinski definition) is 3. The number of carbonyl (C=O) groups is 2. The van der Waals surface area contributed by atoms with Crippen LogP contribution in [-0.2, 0) is 9.53 Å². The molecule has 0 bridgehead atoms. The van der Waals surface area contributed by atoms with Crippen LogP contribution in [0.2, 0.25) is 0 Å². The van der Waals surface area contributed by atoms with Crippen LogP contribution in [0.25, 0.3) is 0 Å². The Morgan fingerprint density at radius 1 is 1.08 bits per heavy atom. The van der Waals surface area contributed by atoms with Gasteiger partial charge in [-0.1, -0.05) is 30.3 Å². The number of hydrogen-bond acceptors (Lipinski definition) is 6. The molecule has 0 saturated carbocycles. The number of aromatic hydroxyl groups is 1. The van der Waals surface area contributed by atoms with Gasteiger partial charge in [-0.05, 0) is 66.9 Å². The molecule has 3 aromatic carbocycles. The second-order valence-electron chi connectivity index (χ2n) is 7.64. The van der Waals surface area contributed by atoms with Crippen LogP contribution in [-0.4, -0.2) is 28.4 Å². The van der Waals surface area contributed by atoms with Crippen molar-refractivity contribution in [1.29, 1.82) is 5.26 Å². The Morgan fingerprint density at radius 3 is 2.44 bits per heavy atom. The molecule has 1 amide bonds. The highest BCUT2D eigenvalue weighted by atomic mass is 19.1. The number of amides is 1. The molecule has 9 heteroatoms. The summed E-state index contributed by atoms with van der Waals surface area (Å²) in [7, 11) is 0. The Bertz CT molecular complexity index is 1260. The van der Waals surface area contributed by atoms with Crippen molar-refractivity contribution in [2.24, 2.45) is 0 Å². The fraction of sp³-hybridized carbons (Fsp3) is 0.148. The van der Waals surface area contributed by atoms with Gasteiger partial charge in [0, 0.05) is 11.8 Å². The molecule has 8 nitrogen and oxygen atoms in total. The number of phenolic OH excluding ortho intramolecular Hbond substituents is 1. The number of halogens is 1. The zero-order valence-corrected chi connectivity index (χ0v) is 19.0. The summed E-state index contributed by atoms with van der Waals surface area (Å²) in [4.78, 5) is 23.6. The van der Waals surface area contributed by atoms with Gasteiger partial charge >= 0.3 is 12.1 Å².